The molecule has 4 atom stereocenters. The maximum atomic E-state index is 14.4. The number of anilines is 1. The van der Waals surface area contributed by atoms with Crippen molar-refractivity contribution >= 4 is 23.3 Å². The van der Waals surface area contributed by atoms with Crippen LogP contribution in [-0.4, -0.2) is 58.5 Å². The van der Waals surface area contributed by atoms with Gasteiger partial charge in [0.1, 0.15) is 18.3 Å². The van der Waals surface area contributed by atoms with Gasteiger partial charge in [-0.2, -0.15) is 0 Å². The summed E-state index contributed by atoms with van der Waals surface area (Å²) in [6.07, 6.45) is 2.92. The van der Waals surface area contributed by atoms with E-state index in [1.54, 1.807) is 0 Å². The van der Waals surface area contributed by atoms with Gasteiger partial charge in [-0.1, -0.05) is 30.7 Å². The first-order valence-corrected chi connectivity index (χ1v) is 12.7. The van der Waals surface area contributed by atoms with Gasteiger partial charge in [0, 0.05) is 48.3 Å². The quantitative estimate of drug-likeness (QED) is 0.685. The van der Waals surface area contributed by atoms with Gasteiger partial charge in [-0.05, 0) is 56.7 Å². The Kier molecular flexibility index (Phi) is 6.27. The lowest BCUT2D eigenvalue weighted by Crippen LogP contribution is -2.53. The first-order chi connectivity index (χ1) is 16.2. The fraction of sp³-hybridized carbons (Fsp3) is 0.577. The lowest BCUT2D eigenvalue weighted by atomic mass is 9.88. The fourth-order valence-corrected chi connectivity index (χ4v) is 6.00. The summed E-state index contributed by atoms with van der Waals surface area (Å²) in [4.78, 5) is 26.8. The number of carbonyl (C=O) groups is 1. The van der Waals surface area contributed by atoms with E-state index in [9.17, 15) is 9.18 Å². The molecule has 1 aromatic heterocycles. The highest BCUT2D eigenvalue weighted by Gasteiger charge is 2.41. The van der Waals surface area contributed by atoms with E-state index in [2.05, 4.69) is 34.0 Å². The zero-order valence-corrected chi connectivity index (χ0v) is 20.9. The largest absolute Gasteiger partial charge is 0.353 e. The van der Waals surface area contributed by atoms with Crippen LogP contribution in [0.25, 0.3) is 0 Å². The molecule has 3 aliphatic rings. The average molecular weight is 486 g/mol. The molecule has 8 heteroatoms. The molecule has 0 saturated carbocycles. The molecular weight excluding hydrogens is 453 g/mol. The Morgan fingerprint density at radius 2 is 1.88 bits per heavy atom. The summed E-state index contributed by atoms with van der Waals surface area (Å²) in [7, 11) is 0. The minimum Gasteiger partial charge on any atom is -0.353 e. The Morgan fingerprint density at radius 3 is 2.53 bits per heavy atom. The number of halogens is 2. The van der Waals surface area contributed by atoms with E-state index in [0.717, 1.165) is 29.8 Å². The predicted molar refractivity (Wildman–Crippen MR) is 132 cm³/mol. The normalized spacial score (nSPS) is 27.0. The molecule has 5 rings (SSSR count). The Labute approximate surface area is 205 Å². The van der Waals surface area contributed by atoms with Gasteiger partial charge in [-0.25, -0.2) is 14.4 Å². The van der Waals surface area contributed by atoms with Crippen LogP contribution < -0.4 is 10.2 Å². The van der Waals surface area contributed by atoms with Gasteiger partial charge < -0.3 is 15.1 Å². The van der Waals surface area contributed by atoms with Crippen molar-refractivity contribution in [3.63, 3.8) is 0 Å². The van der Waals surface area contributed by atoms with Crippen LogP contribution in [0.15, 0.2) is 30.6 Å². The summed E-state index contributed by atoms with van der Waals surface area (Å²) in [5.41, 5.74) is 2.50. The molecule has 1 aliphatic carbocycles. The maximum absolute atomic E-state index is 14.4. The van der Waals surface area contributed by atoms with Crippen molar-refractivity contribution in [3.05, 3.63) is 52.4 Å². The molecule has 1 aromatic carbocycles. The molecule has 2 fully saturated rings. The molecule has 34 heavy (non-hydrogen) atoms. The zero-order valence-electron chi connectivity index (χ0n) is 20.1. The van der Waals surface area contributed by atoms with Crippen LogP contribution in [0.1, 0.15) is 74.9 Å². The molecule has 2 aromatic rings. The second kappa shape index (κ2) is 9.08. The van der Waals surface area contributed by atoms with E-state index in [0.29, 0.717) is 43.3 Å². The molecule has 2 unspecified atom stereocenters. The number of alkyl halides is 1. The summed E-state index contributed by atoms with van der Waals surface area (Å²) in [5.74, 6) is 0.841. The number of nitrogens with zero attached hydrogens (tertiary/aromatic N) is 4. The molecule has 6 nitrogen and oxygen atoms in total. The molecule has 0 spiro atoms. The Balaban J connectivity index is 1.33. The second-order valence-electron chi connectivity index (χ2n) is 10.6. The van der Waals surface area contributed by atoms with Crippen LogP contribution in [0, 0.1) is 0 Å². The molecule has 1 N–H and O–H groups in total. The summed E-state index contributed by atoms with van der Waals surface area (Å²) in [5, 5.41) is 4.36. The third kappa shape index (κ3) is 4.40. The van der Waals surface area contributed by atoms with Crippen molar-refractivity contribution in [2.75, 3.05) is 31.1 Å². The molecule has 2 aliphatic heterocycles. The first-order valence-electron chi connectivity index (χ1n) is 12.3. The number of fused-ring (bicyclic) bond motifs is 1. The lowest BCUT2D eigenvalue weighted by molar-refractivity contribution is -0.133. The smallest absolute Gasteiger partial charge is 0.231 e. The molecule has 1 amide bonds. The van der Waals surface area contributed by atoms with Gasteiger partial charge in [0.05, 0.1) is 11.6 Å². The molecule has 3 heterocycles. The Bertz CT molecular complexity index is 1050. The number of piperazine rings is 1. The number of amides is 1. The van der Waals surface area contributed by atoms with E-state index in [1.165, 1.54) is 6.33 Å². The predicted octanol–water partition coefficient (Wildman–Crippen LogP) is 4.61. The van der Waals surface area contributed by atoms with E-state index < -0.39 is 6.17 Å². The number of nitrogens with one attached hydrogen (secondary N) is 1. The van der Waals surface area contributed by atoms with E-state index in [4.69, 9.17) is 11.6 Å². The van der Waals surface area contributed by atoms with Crippen molar-refractivity contribution in [2.24, 2.45) is 0 Å². The van der Waals surface area contributed by atoms with Gasteiger partial charge >= 0.3 is 0 Å². The molecule has 182 valence electrons. The van der Waals surface area contributed by atoms with E-state index >= 15 is 0 Å². The number of hydrogen-bond acceptors (Lipinski definition) is 5. The van der Waals surface area contributed by atoms with Crippen LogP contribution in [0.4, 0.5) is 10.2 Å². The van der Waals surface area contributed by atoms with Crippen molar-refractivity contribution in [1.82, 2.24) is 20.2 Å². The number of rotatable bonds is 4. The minimum atomic E-state index is -1.02. The lowest BCUT2D eigenvalue weighted by Gasteiger charge is -2.39. The standard InChI is InChI=1S/C26H33ClFN5O/c1-16-14-19(28)23-21(16)24(30-15-29-23)32-10-12-33(13-11-32)25(34)22(17-4-6-18(27)7-5-17)20-8-9-26(2,3)31-20/h4-7,15-16,19-20,22,31H,8-14H2,1-3H3/t16-,19+,20?,22?/m1/s1. The van der Waals surface area contributed by atoms with Crippen molar-refractivity contribution in [3.8, 4) is 0 Å². The third-order valence-electron chi connectivity index (χ3n) is 7.69. The molecular formula is C26H33ClFN5O. The van der Waals surface area contributed by atoms with Gasteiger partial charge in [0.15, 0.2) is 0 Å². The van der Waals surface area contributed by atoms with Crippen LogP contribution in [-0.2, 0) is 4.79 Å². The van der Waals surface area contributed by atoms with E-state index in [-0.39, 0.29) is 29.3 Å². The number of hydrogen-bond donors (Lipinski definition) is 1. The maximum Gasteiger partial charge on any atom is 0.231 e. The van der Waals surface area contributed by atoms with Crippen LogP contribution in [0.3, 0.4) is 0 Å². The third-order valence-corrected chi connectivity index (χ3v) is 7.94. The topological polar surface area (TPSA) is 61.4 Å². The van der Waals surface area contributed by atoms with Gasteiger partial charge in [-0.3, -0.25) is 4.79 Å². The Hall–Kier alpha value is -2.25. The fourth-order valence-electron chi connectivity index (χ4n) is 5.88. The molecule has 2 saturated heterocycles. The zero-order chi connectivity index (χ0) is 24.0. The highest BCUT2D eigenvalue weighted by molar-refractivity contribution is 6.30. The molecule has 0 bridgehead atoms. The van der Waals surface area contributed by atoms with Crippen LogP contribution in [0.5, 0.6) is 0 Å². The second-order valence-corrected chi connectivity index (χ2v) is 11.1. The molecule has 0 radical (unpaired) electrons. The Morgan fingerprint density at radius 1 is 1.18 bits per heavy atom. The van der Waals surface area contributed by atoms with E-state index in [1.807, 2.05) is 36.1 Å². The highest BCUT2D eigenvalue weighted by atomic mass is 35.5. The van der Waals surface area contributed by atoms with Crippen LogP contribution in [0.2, 0.25) is 5.02 Å². The SMILES string of the molecule is C[C@@H]1C[C@H](F)c2ncnc(N3CCN(C(=O)C(c4ccc(Cl)cc4)C4CCC(C)(C)N4)CC3)c21. The minimum absolute atomic E-state index is 0.0205. The average Bonchev–Trinajstić information content (AvgIpc) is 3.33. The highest BCUT2D eigenvalue weighted by Crippen LogP contribution is 2.44. The first kappa shape index (κ1) is 23.5. The number of aromatic nitrogens is 2. The summed E-state index contributed by atoms with van der Waals surface area (Å²) in [6, 6.07) is 7.78. The summed E-state index contributed by atoms with van der Waals surface area (Å²) in [6.45, 7) is 9.01. The summed E-state index contributed by atoms with van der Waals surface area (Å²) < 4.78 is 14.4. The van der Waals surface area contributed by atoms with Crippen molar-refractivity contribution < 1.29 is 9.18 Å². The van der Waals surface area contributed by atoms with Gasteiger partial charge in [-0.15, -0.1) is 0 Å². The van der Waals surface area contributed by atoms with Gasteiger partial charge in [0.25, 0.3) is 0 Å². The van der Waals surface area contributed by atoms with Crippen LogP contribution >= 0.6 is 11.6 Å². The van der Waals surface area contributed by atoms with Crippen molar-refractivity contribution in [1.29, 1.82) is 0 Å². The van der Waals surface area contributed by atoms with Crippen molar-refractivity contribution in [2.45, 2.75) is 69.6 Å². The summed E-state index contributed by atoms with van der Waals surface area (Å²) >= 11 is 6.13. The number of benzene rings is 1. The van der Waals surface area contributed by atoms with Gasteiger partial charge in [0.2, 0.25) is 5.91 Å². The monoisotopic (exact) mass is 485 g/mol. The number of carbonyl (C=O) groups excluding carboxylic acids is 1.